The van der Waals surface area contributed by atoms with E-state index in [1.807, 2.05) is 50.2 Å². The fraction of sp³-hybridized carbons (Fsp3) is 0.300. The maximum Gasteiger partial charge on any atom is 0.337 e. The van der Waals surface area contributed by atoms with Crippen LogP contribution < -0.4 is 5.32 Å². The highest BCUT2D eigenvalue weighted by molar-refractivity contribution is 5.93. The Labute approximate surface area is 142 Å². The molecule has 0 unspecified atom stereocenters. The van der Waals surface area contributed by atoms with Gasteiger partial charge >= 0.3 is 5.97 Å². The summed E-state index contributed by atoms with van der Waals surface area (Å²) in [6.45, 7) is 5.79. The molecule has 0 aliphatic heterocycles. The Morgan fingerprint density at radius 3 is 2.29 bits per heavy atom. The van der Waals surface area contributed by atoms with Gasteiger partial charge in [0.1, 0.15) is 0 Å². The minimum absolute atomic E-state index is 0.00955. The Bertz CT molecular complexity index is 733. The number of anilines is 1. The molecule has 126 valence electrons. The summed E-state index contributed by atoms with van der Waals surface area (Å²) in [5, 5.41) is 2.87. The molecular formula is C20H23NO3. The third-order valence-corrected chi connectivity index (χ3v) is 3.90. The van der Waals surface area contributed by atoms with Crippen LogP contribution in [0.5, 0.6) is 0 Å². The van der Waals surface area contributed by atoms with Gasteiger partial charge in [-0.1, -0.05) is 39.0 Å². The molecule has 0 heterocycles. The van der Waals surface area contributed by atoms with Gasteiger partial charge in [-0.15, -0.1) is 0 Å². The van der Waals surface area contributed by atoms with Gasteiger partial charge in [-0.2, -0.15) is 0 Å². The van der Waals surface area contributed by atoms with Crippen molar-refractivity contribution in [2.24, 2.45) is 5.92 Å². The molecule has 1 N–H and O–H groups in total. The van der Waals surface area contributed by atoms with Gasteiger partial charge in [0.05, 0.1) is 12.7 Å². The molecule has 4 heteroatoms. The van der Waals surface area contributed by atoms with Gasteiger partial charge in [-0.3, -0.25) is 4.79 Å². The van der Waals surface area contributed by atoms with Gasteiger partial charge < -0.3 is 10.1 Å². The van der Waals surface area contributed by atoms with E-state index in [9.17, 15) is 9.59 Å². The van der Waals surface area contributed by atoms with Crippen LogP contribution in [0.2, 0.25) is 0 Å². The molecule has 2 aromatic rings. The predicted molar refractivity (Wildman–Crippen MR) is 96.1 cm³/mol. The van der Waals surface area contributed by atoms with Crippen molar-refractivity contribution in [3.05, 3.63) is 53.6 Å². The molecule has 0 bridgehead atoms. The molecule has 1 amide bonds. The van der Waals surface area contributed by atoms with E-state index in [2.05, 4.69) is 12.2 Å². The van der Waals surface area contributed by atoms with Crippen LogP contribution in [0.15, 0.2) is 42.5 Å². The number of esters is 1. The molecule has 0 saturated heterocycles. The Balaban J connectivity index is 2.33. The van der Waals surface area contributed by atoms with Crippen molar-refractivity contribution in [3.63, 3.8) is 0 Å². The van der Waals surface area contributed by atoms with Gasteiger partial charge in [0.15, 0.2) is 0 Å². The molecule has 0 radical (unpaired) electrons. The molecule has 24 heavy (non-hydrogen) atoms. The van der Waals surface area contributed by atoms with Crippen molar-refractivity contribution in [3.8, 4) is 11.1 Å². The van der Waals surface area contributed by atoms with Gasteiger partial charge in [-0.05, 0) is 47.4 Å². The zero-order valence-corrected chi connectivity index (χ0v) is 14.6. The second-order valence-electron chi connectivity index (χ2n) is 5.94. The minimum Gasteiger partial charge on any atom is -0.465 e. The van der Waals surface area contributed by atoms with Crippen LogP contribution in [0.25, 0.3) is 11.1 Å². The highest BCUT2D eigenvalue weighted by atomic mass is 16.5. The second kappa shape index (κ2) is 7.77. The average molecular weight is 325 g/mol. The number of carbonyl (C=O) groups excluding carboxylic acids is 2. The monoisotopic (exact) mass is 325 g/mol. The second-order valence-corrected chi connectivity index (χ2v) is 5.94. The number of aryl methyl sites for hydroxylation is 1. The summed E-state index contributed by atoms with van der Waals surface area (Å²) in [5.41, 5.74) is 4.45. The van der Waals surface area contributed by atoms with Gasteiger partial charge in [0.25, 0.3) is 0 Å². The van der Waals surface area contributed by atoms with Crippen molar-refractivity contribution in [2.45, 2.75) is 27.2 Å². The normalized spacial score (nSPS) is 10.5. The summed E-state index contributed by atoms with van der Waals surface area (Å²) in [6.07, 6.45) is 0.864. The molecule has 0 aromatic heterocycles. The number of ether oxygens (including phenoxy) is 1. The van der Waals surface area contributed by atoms with Crippen molar-refractivity contribution in [1.82, 2.24) is 0 Å². The molecule has 4 nitrogen and oxygen atoms in total. The molecule has 0 atom stereocenters. The van der Waals surface area contributed by atoms with E-state index in [4.69, 9.17) is 4.74 Å². The molecule has 0 aliphatic carbocycles. The number of benzene rings is 2. The van der Waals surface area contributed by atoms with E-state index in [0.717, 1.165) is 28.8 Å². The molecule has 2 aromatic carbocycles. The number of rotatable bonds is 5. The van der Waals surface area contributed by atoms with E-state index in [1.54, 1.807) is 6.07 Å². The Hall–Kier alpha value is -2.62. The largest absolute Gasteiger partial charge is 0.465 e. The molecule has 0 aliphatic rings. The van der Waals surface area contributed by atoms with Crippen molar-refractivity contribution < 1.29 is 14.3 Å². The first-order valence-corrected chi connectivity index (χ1v) is 8.08. The van der Waals surface area contributed by atoms with Gasteiger partial charge in [-0.25, -0.2) is 4.79 Å². The quantitative estimate of drug-likeness (QED) is 0.834. The number of nitrogens with one attached hydrogen (secondary N) is 1. The third-order valence-electron chi connectivity index (χ3n) is 3.90. The summed E-state index contributed by atoms with van der Waals surface area (Å²) >= 11 is 0. The number of methoxy groups -OCH3 is 1. The van der Waals surface area contributed by atoms with E-state index in [-0.39, 0.29) is 17.8 Å². The lowest BCUT2D eigenvalue weighted by atomic mass is 9.95. The summed E-state index contributed by atoms with van der Waals surface area (Å²) in [4.78, 5) is 23.5. The smallest absolute Gasteiger partial charge is 0.337 e. The minimum atomic E-state index is -0.347. The Morgan fingerprint density at radius 1 is 1.08 bits per heavy atom. The first-order valence-electron chi connectivity index (χ1n) is 8.08. The maximum atomic E-state index is 11.8. The molecule has 0 spiro atoms. The van der Waals surface area contributed by atoms with Crippen molar-refractivity contribution in [1.29, 1.82) is 0 Å². The van der Waals surface area contributed by atoms with Crippen molar-refractivity contribution >= 4 is 17.6 Å². The number of amides is 1. The third kappa shape index (κ3) is 4.02. The van der Waals surface area contributed by atoms with Crippen LogP contribution in [0, 0.1) is 5.92 Å². The van der Waals surface area contributed by atoms with E-state index in [1.165, 1.54) is 7.11 Å². The predicted octanol–water partition coefficient (Wildman–Crippen LogP) is 4.30. The van der Waals surface area contributed by atoms with E-state index >= 15 is 0 Å². The highest BCUT2D eigenvalue weighted by Crippen LogP contribution is 2.27. The molecule has 2 rings (SSSR count). The lowest BCUT2D eigenvalue weighted by Gasteiger charge is -2.12. The maximum absolute atomic E-state index is 11.8. The van der Waals surface area contributed by atoms with Crippen LogP contribution in [-0.4, -0.2) is 19.0 Å². The Morgan fingerprint density at radius 2 is 1.75 bits per heavy atom. The molecular weight excluding hydrogens is 302 g/mol. The topological polar surface area (TPSA) is 55.4 Å². The summed E-state index contributed by atoms with van der Waals surface area (Å²) in [7, 11) is 1.38. The lowest BCUT2D eigenvalue weighted by Crippen LogP contribution is -2.17. The molecule has 0 fully saturated rings. The average Bonchev–Trinajstić information content (AvgIpc) is 2.61. The number of hydrogen-bond acceptors (Lipinski definition) is 3. The summed E-state index contributed by atoms with van der Waals surface area (Å²) in [5.74, 6) is -0.419. The van der Waals surface area contributed by atoms with Crippen LogP contribution >= 0.6 is 0 Å². The first kappa shape index (κ1) is 17.7. The van der Waals surface area contributed by atoms with Gasteiger partial charge in [0.2, 0.25) is 5.91 Å². The highest BCUT2D eigenvalue weighted by Gasteiger charge is 2.11. The van der Waals surface area contributed by atoms with Crippen molar-refractivity contribution in [2.75, 3.05) is 12.4 Å². The fourth-order valence-electron chi connectivity index (χ4n) is 2.42. The zero-order chi connectivity index (χ0) is 17.7. The molecule has 0 saturated carbocycles. The van der Waals surface area contributed by atoms with Crippen LogP contribution in [-0.2, 0) is 16.0 Å². The van der Waals surface area contributed by atoms with Crippen LogP contribution in [0.4, 0.5) is 5.69 Å². The SMILES string of the molecule is CCc1ccc(C(=O)OC)cc1-c1ccc(NC(=O)C(C)C)cc1. The van der Waals surface area contributed by atoms with E-state index < -0.39 is 0 Å². The number of carbonyl (C=O) groups is 2. The van der Waals surface area contributed by atoms with Crippen LogP contribution in [0.3, 0.4) is 0 Å². The first-order chi connectivity index (χ1) is 11.5. The Kier molecular flexibility index (Phi) is 5.74. The number of hydrogen-bond donors (Lipinski definition) is 1. The summed E-state index contributed by atoms with van der Waals surface area (Å²) in [6, 6.07) is 13.2. The fourth-order valence-corrected chi connectivity index (χ4v) is 2.42. The van der Waals surface area contributed by atoms with Crippen LogP contribution in [0.1, 0.15) is 36.7 Å². The van der Waals surface area contributed by atoms with E-state index in [0.29, 0.717) is 5.56 Å². The standard InChI is InChI=1S/C20H23NO3/c1-5-14-6-7-16(20(23)24-4)12-18(14)15-8-10-17(11-9-15)21-19(22)13(2)3/h6-13H,5H2,1-4H3,(H,21,22). The van der Waals surface area contributed by atoms with Gasteiger partial charge in [0, 0.05) is 11.6 Å². The lowest BCUT2D eigenvalue weighted by molar-refractivity contribution is -0.118. The zero-order valence-electron chi connectivity index (χ0n) is 14.6. The summed E-state index contributed by atoms with van der Waals surface area (Å²) < 4.78 is 4.80.